The molecule has 0 radical (unpaired) electrons. The lowest BCUT2D eigenvalue weighted by Crippen LogP contribution is -2.33. The summed E-state index contributed by atoms with van der Waals surface area (Å²) in [4.78, 5) is 31.9. The van der Waals surface area contributed by atoms with Crippen LogP contribution in [0.5, 0.6) is 0 Å². The van der Waals surface area contributed by atoms with Crippen LogP contribution in [0.3, 0.4) is 0 Å². The number of non-ortho nitro benzene ring substituents is 1. The van der Waals surface area contributed by atoms with Crippen molar-refractivity contribution >= 4 is 44.9 Å². The normalized spacial score (nSPS) is 11.0. The summed E-state index contributed by atoms with van der Waals surface area (Å²) in [7, 11) is -4.43. The van der Waals surface area contributed by atoms with Crippen LogP contribution in [0.4, 0.5) is 11.4 Å². The van der Waals surface area contributed by atoms with E-state index in [2.05, 4.69) is 0 Å². The van der Waals surface area contributed by atoms with Crippen LogP contribution >= 0.6 is 11.6 Å². The van der Waals surface area contributed by atoms with E-state index in [1.54, 1.807) is 0 Å². The molecule has 0 heterocycles. The maximum Gasteiger partial charge on any atom is 0.337 e. The van der Waals surface area contributed by atoms with Crippen LogP contribution in [-0.2, 0) is 14.8 Å². The topological polar surface area (TPSA) is 155 Å². The van der Waals surface area contributed by atoms with E-state index in [1.807, 2.05) is 0 Å². The number of benzene rings is 2. The highest BCUT2D eigenvalue weighted by molar-refractivity contribution is 7.92. The van der Waals surface area contributed by atoms with Gasteiger partial charge in [-0.05, 0) is 24.3 Å². The minimum Gasteiger partial charge on any atom is -0.481 e. The number of anilines is 1. The number of hydrogen-bond acceptors (Lipinski definition) is 6. The lowest BCUT2D eigenvalue weighted by molar-refractivity contribution is -0.385. The van der Waals surface area contributed by atoms with Gasteiger partial charge in [0.25, 0.3) is 15.7 Å². The fourth-order valence-corrected chi connectivity index (χ4v) is 4.00. The van der Waals surface area contributed by atoms with Gasteiger partial charge in [0.15, 0.2) is 0 Å². The van der Waals surface area contributed by atoms with Gasteiger partial charge < -0.3 is 10.2 Å². The van der Waals surface area contributed by atoms with Crippen LogP contribution in [0.25, 0.3) is 0 Å². The van der Waals surface area contributed by atoms with E-state index in [4.69, 9.17) is 16.7 Å². The number of sulfonamides is 1. The number of aromatic carboxylic acids is 1. The molecule has 12 heteroatoms. The number of carbonyl (C=O) groups is 2. The van der Waals surface area contributed by atoms with Crippen LogP contribution in [0.2, 0.25) is 5.02 Å². The summed E-state index contributed by atoms with van der Waals surface area (Å²) >= 11 is 5.79. The average molecular weight is 429 g/mol. The molecule has 0 saturated carbocycles. The van der Waals surface area contributed by atoms with E-state index in [0.717, 1.165) is 30.3 Å². The Bertz CT molecular complexity index is 1050. The molecule has 0 amide bonds. The third-order valence-electron chi connectivity index (χ3n) is 3.61. The first kappa shape index (κ1) is 21.1. The summed E-state index contributed by atoms with van der Waals surface area (Å²) in [5.74, 6) is -2.69. The van der Waals surface area contributed by atoms with Crippen molar-refractivity contribution in [2.45, 2.75) is 11.3 Å². The standard InChI is InChI=1S/C16H13ClN2O8S/c17-14-5-4-10(9-13(14)16(22)23)18(7-6-15(20)21)28(26,27)12-3-1-2-11(8-12)19(24)25/h1-5,8-9H,6-7H2,(H,20,21)(H,22,23). The second kappa shape index (κ2) is 8.23. The molecule has 2 aromatic carbocycles. The summed E-state index contributed by atoms with van der Waals surface area (Å²) in [5.41, 5.74) is -0.995. The summed E-state index contributed by atoms with van der Waals surface area (Å²) in [6.07, 6.45) is -0.584. The lowest BCUT2D eigenvalue weighted by Gasteiger charge is -2.24. The van der Waals surface area contributed by atoms with Crippen LogP contribution < -0.4 is 4.31 Å². The highest BCUT2D eigenvalue weighted by atomic mass is 35.5. The fourth-order valence-electron chi connectivity index (χ4n) is 2.30. The van der Waals surface area contributed by atoms with Crippen LogP contribution in [0.1, 0.15) is 16.8 Å². The number of nitro benzene ring substituents is 1. The Labute approximate surface area is 163 Å². The third kappa shape index (κ3) is 4.56. The molecule has 0 aliphatic carbocycles. The van der Waals surface area contributed by atoms with Gasteiger partial charge >= 0.3 is 11.9 Å². The van der Waals surface area contributed by atoms with E-state index in [9.17, 15) is 33.2 Å². The Kier molecular flexibility index (Phi) is 6.21. The maximum absolute atomic E-state index is 13.0. The van der Waals surface area contributed by atoms with Gasteiger partial charge in [-0.3, -0.25) is 19.2 Å². The van der Waals surface area contributed by atoms with E-state index >= 15 is 0 Å². The Morgan fingerprint density at radius 2 is 1.82 bits per heavy atom. The molecule has 10 nitrogen and oxygen atoms in total. The Morgan fingerprint density at radius 3 is 2.39 bits per heavy atom. The van der Waals surface area contributed by atoms with Crippen molar-refractivity contribution in [3.8, 4) is 0 Å². The van der Waals surface area contributed by atoms with Gasteiger partial charge in [-0.25, -0.2) is 13.2 Å². The number of carboxylic acid groups (broad SMARTS) is 2. The van der Waals surface area contributed by atoms with Gasteiger partial charge in [-0.2, -0.15) is 0 Å². The minimum absolute atomic E-state index is 0.137. The number of rotatable bonds is 8. The summed E-state index contributed by atoms with van der Waals surface area (Å²) in [6.45, 7) is -0.527. The SMILES string of the molecule is O=C(O)CCN(c1ccc(Cl)c(C(=O)O)c1)S(=O)(=O)c1cccc([N+](=O)[O-])c1. The van der Waals surface area contributed by atoms with Crippen molar-refractivity contribution in [2.24, 2.45) is 0 Å². The highest BCUT2D eigenvalue weighted by Crippen LogP contribution is 2.29. The number of nitrogens with zero attached hydrogens (tertiary/aromatic N) is 2. The highest BCUT2D eigenvalue weighted by Gasteiger charge is 2.28. The monoisotopic (exact) mass is 428 g/mol. The Morgan fingerprint density at radius 1 is 1.14 bits per heavy atom. The zero-order valence-electron chi connectivity index (χ0n) is 14.0. The lowest BCUT2D eigenvalue weighted by atomic mass is 10.2. The molecule has 0 atom stereocenters. The molecule has 0 unspecified atom stereocenters. The molecule has 28 heavy (non-hydrogen) atoms. The van der Waals surface area contributed by atoms with E-state index < -0.39 is 50.4 Å². The molecular formula is C16H13ClN2O8S. The van der Waals surface area contributed by atoms with Gasteiger partial charge in [-0.15, -0.1) is 0 Å². The van der Waals surface area contributed by atoms with Crippen molar-refractivity contribution in [3.63, 3.8) is 0 Å². The average Bonchev–Trinajstić information content (AvgIpc) is 2.62. The molecule has 2 rings (SSSR count). The number of hydrogen-bond donors (Lipinski definition) is 2. The molecule has 2 aromatic rings. The molecule has 0 saturated heterocycles. The second-order valence-corrected chi connectivity index (χ2v) is 7.71. The molecule has 2 N–H and O–H groups in total. The van der Waals surface area contributed by atoms with Crippen LogP contribution in [0.15, 0.2) is 47.4 Å². The molecular weight excluding hydrogens is 416 g/mol. The zero-order valence-corrected chi connectivity index (χ0v) is 15.6. The number of nitro groups is 1. The molecule has 0 aliphatic rings. The third-order valence-corrected chi connectivity index (χ3v) is 5.77. The first-order valence-corrected chi connectivity index (χ1v) is 9.37. The molecule has 0 fully saturated rings. The second-order valence-electron chi connectivity index (χ2n) is 5.44. The molecule has 0 aromatic heterocycles. The first-order chi connectivity index (χ1) is 13.0. The molecule has 148 valence electrons. The summed E-state index contributed by atoms with van der Waals surface area (Å²) in [5, 5.41) is 28.9. The van der Waals surface area contributed by atoms with Crippen molar-refractivity contribution in [3.05, 3.63) is 63.2 Å². The van der Waals surface area contributed by atoms with Gasteiger partial charge in [0.05, 0.1) is 32.5 Å². The van der Waals surface area contributed by atoms with E-state index in [-0.39, 0.29) is 16.3 Å². The quantitative estimate of drug-likeness (QED) is 0.480. The largest absolute Gasteiger partial charge is 0.481 e. The zero-order chi connectivity index (χ0) is 21.1. The van der Waals surface area contributed by atoms with Crippen molar-refractivity contribution in [1.82, 2.24) is 0 Å². The van der Waals surface area contributed by atoms with Gasteiger partial charge in [0.1, 0.15) is 0 Å². The molecule has 0 bridgehead atoms. The van der Waals surface area contributed by atoms with Crippen LogP contribution in [-0.4, -0.2) is 42.0 Å². The predicted octanol–water partition coefficient (Wildman–Crippen LogP) is 2.62. The summed E-state index contributed by atoms with van der Waals surface area (Å²) < 4.78 is 26.7. The van der Waals surface area contributed by atoms with Gasteiger partial charge in [0.2, 0.25) is 0 Å². The van der Waals surface area contributed by atoms with Crippen molar-refractivity contribution in [1.29, 1.82) is 0 Å². The number of halogens is 1. The molecule has 0 aliphatic heterocycles. The van der Waals surface area contributed by atoms with Gasteiger partial charge in [-0.1, -0.05) is 17.7 Å². The number of aliphatic carboxylic acids is 1. The minimum atomic E-state index is -4.43. The van der Waals surface area contributed by atoms with E-state index in [1.165, 1.54) is 12.1 Å². The number of carboxylic acids is 2. The van der Waals surface area contributed by atoms with Gasteiger partial charge in [0, 0.05) is 18.7 Å². The smallest absolute Gasteiger partial charge is 0.337 e. The maximum atomic E-state index is 13.0. The van der Waals surface area contributed by atoms with Crippen molar-refractivity contribution < 1.29 is 33.1 Å². The molecule has 0 spiro atoms. The van der Waals surface area contributed by atoms with Crippen LogP contribution in [0, 0.1) is 10.1 Å². The van der Waals surface area contributed by atoms with E-state index in [0.29, 0.717) is 4.31 Å². The Hall–Kier alpha value is -3.18. The summed E-state index contributed by atoms with van der Waals surface area (Å²) in [6, 6.07) is 7.58. The predicted molar refractivity (Wildman–Crippen MR) is 98.3 cm³/mol. The Balaban J connectivity index is 2.61. The first-order valence-electron chi connectivity index (χ1n) is 7.56. The van der Waals surface area contributed by atoms with Crippen molar-refractivity contribution in [2.75, 3.05) is 10.8 Å². The fraction of sp³-hybridized carbons (Fsp3) is 0.125.